The van der Waals surface area contributed by atoms with Gasteiger partial charge in [0.25, 0.3) is 0 Å². The molecule has 0 aromatic carbocycles. The van der Waals surface area contributed by atoms with Gasteiger partial charge in [-0.2, -0.15) is 0 Å². The number of aromatic nitrogens is 2. The summed E-state index contributed by atoms with van der Waals surface area (Å²) in [4.78, 5) is 11.1. The van der Waals surface area contributed by atoms with E-state index < -0.39 is 0 Å². The van der Waals surface area contributed by atoms with Crippen LogP contribution in [0.5, 0.6) is 0 Å². The maximum absolute atomic E-state index is 5.42. The molecule has 0 saturated carbocycles. The van der Waals surface area contributed by atoms with Crippen molar-refractivity contribution in [3.8, 4) is 0 Å². The van der Waals surface area contributed by atoms with Crippen molar-refractivity contribution in [2.75, 3.05) is 36.4 Å². The molecule has 94 valence electrons. The Hall–Kier alpha value is -1.36. The number of nitrogens with two attached hydrogens (primary N) is 1. The highest BCUT2D eigenvalue weighted by Gasteiger charge is 2.16. The van der Waals surface area contributed by atoms with Crippen molar-refractivity contribution in [3.63, 3.8) is 0 Å². The second-order valence-corrected chi connectivity index (χ2v) is 4.64. The van der Waals surface area contributed by atoms with Crippen LogP contribution in [0.2, 0.25) is 0 Å². The summed E-state index contributed by atoms with van der Waals surface area (Å²) in [7, 11) is 0. The molecule has 0 atom stereocenters. The van der Waals surface area contributed by atoms with Gasteiger partial charge in [-0.15, -0.1) is 0 Å². The molecule has 1 aromatic rings. The first kappa shape index (κ1) is 12.1. The smallest absolute Gasteiger partial charge is 0.147 e. The Morgan fingerprint density at radius 3 is 2.71 bits per heavy atom. The van der Waals surface area contributed by atoms with Gasteiger partial charge >= 0.3 is 0 Å². The molecule has 2 rings (SSSR count). The van der Waals surface area contributed by atoms with E-state index in [1.165, 1.54) is 12.8 Å². The number of nitrogens with zero attached hydrogens (tertiary/aromatic N) is 3. The Labute approximate surface area is 102 Å². The van der Waals surface area contributed by atoms with E-state index in [4.69, 9.17) is 5.73 Å². The standard InChI is InChI=1S/C12H21N5/c1-10-2-6-17(7-3-10)12-9-15-11(8-16-12)14-5-4-13/h8-10H,2-7,13H2,1H3,(H,14,15). The highest BCUT2D eigenvalue weighted by molar-refractivity contribution is 5.41. The maximum atomic E-state index is 5.42. The summed E-state index contributed by atoms with van der Waals surface area (Å²) in [6.07, 6.45) is 6.11. The third kappa shape index (κ3) is 3.30. The monoisotopic (exact) mass is 235 g/mol. The number of anilines is 2. The van der Waals surface area contributed by atoms with Crippen molar-refractivity contribution < 1.29 is 0 Å². The van der Waals surface area contributed by atoms with Crippen LogP contribution in [0.4, 0.5) is 11.6 Å². The molecule has 1 saturated heterocycles. The van der Waals surface area contributed by atoms with Crippen molar-refractivity contribution in [1.82, 2.24) is 9.97 Å². The lowest BCUT2D eigenvalue weighted by Gasteiger charge is -2.30. The van der Waals surface area contributed by atoms with Gasteiger partial charge in [-0.1, -0.05) is 6.92 Å². The van der Waals surface area contributed by atoms with Gasteiger partial charge in [-0.3, -0.25) is 0 Å². The van der Waals surface area contributed by atoms with E-state index in [-0.39, 0.29) is 0 Å². The van der Waals surface area contributed by atoms with Crippen molar-refractivity contribution in [3.05, 3.63) is 12.4 Å². The zero-order chi connectivity index (χ0) is 12.1. The maximum Gasteiger partial charge on any atom is 0.147 e. The number of rotatable bonds is 4. The first-order chi connectivity index (χ1) is 8.29. The average Bonchev–Trinajstić information content (AvgIpc) is 2.38. The highest BCUT2D eigenvalue weighted by Crippen LogP contribution is 2.20. The zero-order valence-corrected chi connectivity index (χ0v) is 10.4. The lowest BCUT2D eigenvalue weighted by Crippen LogP contribution is -2.33. The molecule has 5 heteroatoms. The molecule has 1 fully saturated rings. The van der Waals surface area contributed by atoms with Crippen LogP contribution in [0.1, 0.15) is 19.8 Å². The van der Waals surface area contributed by atoms with E-state index in [1.807, 2.05) is 6.20 Å². The summed E-state index contributed by atoms with van der Waals surface area (Å²) in [5.41, 5.74) is 5.42. The first-order valence-corrected chi connectivity index (χ1v) is 6.30. The van der Waals surface area contributed by atoms with Crippen molar-refractivity contribution in [2.24, 2.45) is 11.7 Å². The second kappa shape index (κ2) is 5.82. The molecule has 0 unspecified atom stereocenters. The van der Waals surface area contributed by atoms with Crippen LogP contribution in [-0.4, -0.2) is 36.1 Å². The fourth-order valence-electron chi connectivity index (χ4n) is 2.01. The largest absolute Gasteiger partial charge is 0.368 e. The van der Waals surface area contributed by atoms with Crippen LogP contribution >= 0.6 is 0 Å². The molecule has 0 spiro atoms. The van der Waals surface area contributed by atoms with Gasteiger partial charge in [0.05, 0.1) is 12.4 Å². The number of piperidine rings is 1. The number of hydrogen-bond donors (Lipinski definition) is 2. The molecule has 0 amide bonds. The third-order valence-electron chi connectivity index (χ3n) is 3.20. The molecule has 17 heavy (non-hydrogen) atoms. The summed E-state index contributed by atoms with van der Waals surface area (Å²) in [5, 5.41) is 3.11. The second-order valence-electron chi connectivity index (χ2n) is 4.64. The van der Waals surface area contributed by atoms with Crippen LogP contribution < -0.4 is 16.0 Å². The van der Waals surface area contributed by atoms with Gasteiger partial charge < -0.3 is 16.0 Å². The minimum atomic E-state index is 0.605. The van der Waals surface area contributed by atoms with Crippen LogP contribution in [-0.2, 0) is 0 Å². The summed E-state index contributed by atoms with van der Waals surface area (Å²) in [6.45, 7) is 5.82. The predicted octanol–water partition coefficient (Wildman–Crippen LogP) is 1.08. The number of nitrogens with one attached hydrogen (secondary N) is 1. The molecule has 0 bridgehead atoms. The lowest BCUT2D eigenvalue weighted by molar-refractivity contribution is 0.436. The fraction of sp³-hybridized carbons (Fsp3) is 0.667. The Balaban J connectivity index is 1.93. The number of hydrogen-bond acceptors (Lipinski definition) is 5. The van der Waals surface area contributed by atoms with E-state index in [9.17, 15) is 0 Å². The van der Waals surface area contributed by atoms with E-state index in [1.54, 1.807) is 6.20 Å². The van der Waals surface area contributed by atoms with Crippen LogP contribution in [0.25, 0.3) is 0 Å². The molecule has 3 N–H and O–H groups in total. The van der Waals surface area contributed by atoms with E-state index >= 15 is 0 Å². The fourth-order valence-corrected chi connectivity index (χ4v) is 2.01. The summed E-state index contributed by atoms with van der Waals surface area (Å²) in [5.74, 6) is 2.62. The molecular formula is C12H21N5. The van der Waals surface area contributed by atoms with Gasteiger partial charge in [0.15, 0.2) is 0 Å². The van der Waals surface area contributed by atoms with Crippen LogP contribution in [0.3, 0.4) is 0 Å². The molecule has 0 radical (unpaired) electrons. The van der Waals surface area contributed by atoms with Crippen molar-refractivity contribution >= 4 is 11.6 Å². The van der Waals surface area contributed by atoms with Crippen molar-refractivity contribution in [2.45, 2.75) is 19.8 Å². The van der Waals surface area contributed by atoms with Gasteiger partial charge in [0, 0.05) is 26.2 Å². The molecule has 1 aliphatic rings. The average molecular weight is 235 g/mol. The molecule has 1 aliphatic heterocycles. The minimum Gasteiger partial charge on any atom is -0.368 e. The van der Waals surface area contributed by atoms with E-state index in [2.05, 4.69) is 27.1 Å². The zero-order valence-electron chi connectivity index (χ0n) is 10.4. The molecule has 5 nitrogen and oxygen atoms in total. The Kier molecular flexibility index (Phi) is 4.14. The SMILES string of the molecule is CC1CCN(c2cnc(NCCN)cn2)CC1. The molecule has 0 aliphatic carbocycles. The summed E-state index contributed by atoms with van der Waals surface area (Å²) >= 11 is 0. The quantitative estimate of drug-likeness (QED) is 0.817. The third-order valence-corrected chi connectivity index (χ3v) is 3.20. The normalized spacial score (nSPS) is 17.2. The lowest BCUT2D eigenvalue weighted by atomic mass is 9.99. The van der Waals surface area contributed by atoms with Crippen LogP contribution in [0.15, 0.2) is 12.4 Å². The predicted molar refractivity (Wildman–Crippen MR) is 70.2 cm³/mol. The van der Waals surface area contributed by atoms with E-state index in [0.717, 1.165) is 37.2 Å². The topological polar surface area (TPSA) is 67.1 Å². The van der Waals surface area contributed by atoms with Gasteiger partial charge in [0.2, 0.25) is 0 Å². The molecule has 2 heterocycles. The van der Waals surface area contributed by atoms with Crippen molar-refractivity contribution in [1.29, 1.82) is 0 Å². The Morgan fingerprint density at radius 2 is 2.12 bits per heavy atom. The van der Waals surface area contributed by atoms with Gasteiger partial charge in [-0.25, -0.2) is 9.97 Å². The van der Waals surface area contributed by atoms with Gasteiger partial charge in [-0.05, 0) is 18.8 Å². The summed E-state index contributed by atoms with van der Waals surface area (Å²) in [6, 6.07) is 0. The Morgan fingerprint density at radius 1 is 1.35 bits per heavy atom. The summed E-state index contributed by atoms with van der Waals surface area (Å²) < 4.78 is 0. The minimum absolute atomic E-state index is 0.605. The first-order valence-electron chi connectivity index (χ1n) is 6.30. The Bertz CT molecular complexity index is 329. The molecular weight excluding hydrogens is 214 g/mol. The van der Waals surface area contributed by atoms with E-state index in [0.29, 0.717) is 6.54 Å². The van der Waals surface area contributed by atoms with Crippen LogP contribution in [0, 0.1) is 5.92 Å². The van der Waals surface area contributed by atoms with Gasteiger partial charge in [0.1, 0.15) is 11.6 Å². The highest BCUT2D eigenvalue weighted by atomic mass is 15.2. The molecule has 1 aromatic heterocycles.